The summed E-state index contributed by atoms with van der Waals surface area (Å²) >= 11 is 0. The third-order valence-corrected chi connectivity index (χ3v) is 8.28. The minimum Gasteiger partial charge on any atom is -0.391 e. The summed E-state index contributed by atoms with van der Waals surface area (Å²) in [5.74, 6) is 0.921. The minimum atomic E-state index is -3.28. The highest BCUT2D eigenvalue weighted by Gasteiger charge is 2.49. The molecule has 3 aliphatic rings. The first-order valence-electron chi connectivity index (χ1n) is 10.4. The Labute approximate surface area is 167 Å². The van der Waals surface area contributed by atoms with E-state index in [2.05, 4.69) is 4.90 Å². The first kappa shape index (κ1) is 19.9. The molecule has 7 heteroatoms. The number of carbonyl (C=O) groups excluding carboxylic acids is 1. The second-order valence-corrected chi connectivity index (χ2v) is 10.9. The van der Waals surface area contributed by atoms with E-state index in [9.17, 15) is 18.3 Å². The van der Waals surface area contributed by atoms with E-state index in [1.165, 1.54) is 12.8 Å². The van der Waals surface area contributed by atoms with E-state index in [0.29, 0.717) is 56.3 Å². The van der Waals surface area contributed by atoms with Gasteiger partial charge in [0, 0.05) is 19.6 Å². The number of amides is 1. The quantitative estimate of drug-likeness (QED) is 0.776. The maximum absolute atomic E-state index is 13.1. The predicted molar refractivity (Wildman–Crippen MR) is 107 cm³/mol. The number of sulfone groups is 1. The molecule has 1 N–H and O–H groups in total. The van der Waals surface area contributed by atoms with E-state index in [0.717, 1.165) is 6.54 Å². The molecule has 154 valence electrons. The fraction of sp³-hybridized carbons (Fsp3) is 0.667. The molecule has 1 saturated carbocycles. The number of β-amino-alcohol motifs (C(OH)–C–C–N with tert-alkyl or cyclic N) is 1. The minimum absolute atomic E-state index is 0.0917. The van der Waals surface area contributed by atoms with Crippen molar-refractivity contribution in [1.82, 2.24) is 9.80 Å². The van der Waals surface area contributed by atoms with Gasteiger partial charge in [-0.15, -0.1) is 0 Å². The van der Waals surface area contributed by atoms with Crippen LogP contribution in [-0.4, -0.2) is 73.8 Å². The number of benzene rings is 1. The van der Waals surface area contributed by atoms with Crippen LogP contribution in [0.4, 0.5) is 0 Å². The van der Waals surface area contributed by atoms with Crippen LogP contribution < -0.4 is 0 Å². The molecule has 6 nitrogen and oxygen atoms in total. The van der Waals surface area contributed by atoms with Crippen LogP contribution >= 0.6 is 0 Å². The van der Waals surface area contributed by atoms with E-state index in [1.807, 2.05) is 11.0 Å². The van der Waals surface area contributed by atoms with Gasteiger partial charge in [0.15, 0.2) is 9.84 Å². The van der Waals surface area contributed by atoms with E-state index in [4.69, 9.17) is 0 Å². The molecule has 4 rings (SSSR count). The van der Waals surface area contributed by atoms with Gasteiger partial charge in [0.1, 0.15) is 0 Å². The lowest BCUT2D eigenvalue weighted by atomic mass is 9.71. The van der Waals surface area contributed by atoms with Gasteiger partial charge in [-0.25, -0.2) is 8.42 Å². The Morgan fingerprint density at radius 2 is 1.79 bits per heavy atom. The molecule has 2 aliphatic heterocycles. The first-order chi connectivity index (χ1) is 13.4. The molecule has 2 saturated heterocycles. The molecule has 1 aliphatic carbocycles. The second kappa shape index (κ2) is 7.76. The number of aliphatic hydroxyl groups excluding tert-OH is 1. The molecule has 1 atom stereocenters. The topological polar surface area (TPSA) is 77.9 Å². The van der Waals surface area contributed by atoms with Crippen LogP contribution in [0.3, 0.4) is 0 Å². The van der Waals surface area contributed by atoms with Crippen molar-refractivity contribution in [2.75, 3.05) is 38.5 Å². The standard InChI is InChI=1S/C21H30N2O4S/c24-18-14-21(20(25)23(16-18)15-17-6-7-17)8-10-22(11-9-21)12-13-28(26,27)19-4-2-1-3-5-19/h1-5,17-18,24H,6-16H2. The number of likely N-dealkylation sites (tertiary alicyclic amines) is 2. The van der Waals surface area contributed by atoms with Crippen molar-refractivity contribution in [2.24, 2.45) is 11.3 Å². The van der Waals surface area contributed by atoms with Gasteiger partial charge in [-0.2, -0.15) is 0 Å². The van der Waals surface area contributed by atoms with Gasteiger partial charge in [0.25, 0.3) is 0 Å². The highest BCUT2D eigenvalue weighted by Crippen LogP contribution is 2.42. The summed E-state index contributed by atoms with van der Waals surface area (Å²) in [6, 6.07) is 8.56. The Balaban J connectivity index is 1.34. The molecule has 1 amide bonds. The zero-order valence-electron chi connectivity index (χ0n) is 16.3. The Morgan fingerprint density at radius 1 is 1.11 bits per heavy atom. The molecule has 1 aromatic rings. The summed E-state index contributed by atoms with van der Waals surface area (Å²) in [6.07, 6.45) is 3.89. The fourth-order valence-electron chi connectivity index (χ4n) is 4.66. The second-order valence-electron chi connectivity index (χ2n) is 8.77. The summed E-state index contributed by atoms with van der Waals surface area (Å²) in [4.78, 5) is 17.5. The molecule has 1 spiro atoms. The van der Waals surface area contributed by atoms with E-state index < -0.39 is 21.4 Å². The van der Waals surface area contributed by atoms with Crippen LogP contribution in [0.25, 0.3) is 0 Å². The van der Waals surface area contributed by atoms with Crippen LogP contribution in [0.5, 0.6) is 0 Å². The number of rotatable bonds is 6. The molecule has 1 unspecified atom stereocenters. The lowest BCUT2D eigenvalue weighted by Gasteiger charge is -2.48. The monoisotopic (exact) mass is 406 g/mol. The number of piperidine rings is 2. The van der Waals surface area contributed by atoms with Crippen LogP contribution in [-0.2, 0) is 14.6 Å². The van der Waals surface area contributed by atoms with Gasteiger partial charge in [-0.1, -0.05) is 18.2 Å². The van der Waals surface area contributed by atoms with Crippen LogP contribution in [0, 0.1) is 11.3 Å². The number of aliphatic hydroxyl groups is 1. The highest BCUT2D eigenvalue weighted by atomic mass is 32.2. The lowest BCUT2D eigenvalue weighted by molar-refractivity contribution is -0.156. The molecular weight excluding hydrogens is 376 g/mol. The normalized spacial score (nSPS) is 26.0. The first-order valence-corrected chi connectivity index (χ1v) is 12.0. The van der Waals surface area contributed by atoms with Crippen molar-refractivity contribution >= 4 is 15.7 Å². The third-order valence-electron chi connectivity index (χ3n) is 6.57. The average molecular weight is 407 g/mol. The molecule has 0 bridgehead atoms. The average Bonchev–Trinajstić information content (AvgIpc) is 3.50. The molecule has 1 aromatic carbocycles. The molecule has 28 heavy (non-hydrogen) atoms. The maximum atomic E-state index is 13.1. The Hall–Kier alpha value is -1.44. The number of hydrogen-bond donors (Lipinski definition) is 1. The highest BCUT2D eigenvalue weighted by molar-refractivity contribution is 7.91. The Morgan fingerprint density at radius 3 is 2.43 bits per heavy atom. The van der Waals surface area contributed by atoms with Gasteiger partial charge >= 0.3 is 0 Å². The van der Waals surface area contributed by atoms with Crippen LogP contribution in [0.1, 0.15) is 32.1 Å². The van der Waals surface area contributed by atoms with Crippen molar-refractivity contribution < 1.29 is 18.3 Å². The van der Waals surface area contributed by atoms with Crippen molar-refractivity contribution in [1.29, 1.82) is 0 Å². The molecule has 0 aromatic heterocycles. The Kier molecular flexibility index (Phi) is 5.51. The van der Waals surface area contributed by atoms with Crippen molar-refractivity contribution in [3.05, 3.63) is 30.3 Å². The number of carbonyl (C=O) groups is 1. The van der Waals surface area contributed by atoms with Crippen LogP contribution in [0.15, 0.2) is 35.2 Å². The van der Waals surface area contributed by atoms with Gasteiger partial charge in [0.05, 0.1) is 22.2 Å². The summed E-state index contributed by atoms with van der Waals surface area (Å²) in [5.41, 5.74) is -0.457. The fourth-order valence-corrected chi connectivity index (χ4v) is 5.97. The van der Waals surface area contributed by atoms with Gasteiger partial charge in [-0.3, -0.25) is 4.79 Å². The molecule has 0 radical (unpaired) electrons. The Bertz CT molecular complexity index is 797. The number of nitrogens with zero attached hydrogens (tertiary/aromatic N) is 2. The molecule has 3 fully saturated rings. The largest absolute Gasteiger partial charge is 0.391 e. The van der Waals surface area contributed by atoms with Crippen molar-refractivity contribution in [3.8, 4) is 0 Å². The van der Waals surface area contributed by atoms with E-state index >= 15 is 0 Å². The SMILES string of the molecule is O=C1N(CC2CC2)CC(O)CC12CCN(CCS(=O)(=O)c1ccccc1)CC2. The smallest absolute Gasteiger partial charge is 0.229 e. The van der Waals surface area contributed by atoms with E-state index in [1.54, 1.807) is 24.3 Å². The summed E-state index contributed by atoms with van der Waals surface area (Å²) in [6.45, 7) is 3.16. The van der Waals surface area contributed by atoms with Crippen molar-refractivity contribution in [2.45, 2.75) is 43.1 Å². The maximum Gasteiger partial charge on any atom is 0.229 e. The zero-order chi connectivity index (χ0) is 19.8. The lowest BCUT2D eigenvalue weighted by Crippen LogP contribution is -2.58. The predicted octanol–water partition coefficient (Wildman–Crippen LogP) is 1.55. The summed E-state index contributed by atoms with van der Waals surface area (Å²) < 4.78 is 25.0. The van der Waals surface area contributed by atoms with Gasteiger partial charge < -0.3 is 14.9 Å². The van der Waals surface area contributed by atoms with E-state index in [-0.39, 0.29) is 11.7 Å². The van der Waals surface area contributed by atoms with Crippen molar-refractivity contribution in [3.63, 3.8) is 0 Å². The number of hydrogen-bond acceptors (Lipinski definition) is 5. The van der Waals surface area contributed by atoms with Gasteiger partial charge in [0.2, 0.25) is 5.91 Å². The third kappa shape index (κ3) is 4.26. The molecular formula is C21H30N2O4S. The van der Waals surface area contributed by atoms with Gasteiger partial charge in [-0.05, 0) is 63.2 Å². The van der Waals surface area contributed by atoms with Crippen LogP contribution in [0.2, 0.25) is 0 Å². The summed E-state index contributed by atoms with van der Waals surface area (Å²) in [5, 5.41) is 10.4. The summed E-state index contributed by atoms with van der Waals surface area (Å²) in [7, 11) is -3.28. The molecule has 2 heterocycles. The zero-order valence-corrected chi connectivity index (χ0v) is 17.1.